The van der Waals surface area contributed by atoms with Crippen LogP contribution < -0.4 is 24.3 Å². The summed E-state index contributed by atoms with van der Waals surface area (Å²) < 4.78 is 21.1. The van der Waals surface area contributed by atoms with Gasteiger partial charge in [-0.1, -0.05) is 6.07 Å². The first kappa shape index (κ1) is 16.0. The summed E-state index contributed by atoms with van der Waals surface area (Å²) in [5.41, 5.74) is 1.35. The second-order valence-electron chi connectivity index (χ2n) is 5.37. The van der Waals surface area contributed by atoms with E-state index >= 15 is 0 Å². The van der Waals surface area contributed by atoms with Gasteiger partial charge in [0.15, 0.2) is 11.5 Å². The van der Waals surface area contributed by atoms with E-state index in [-0.39, 0.29) is 18.7 Å². The molecule has 0 saturated heterocycles. The third kappa shape index (κ3) is 3.08. The van der Waals surface area contributed by atoms with E-state index in [1.807, 2.05) is 25.1 Å². The number of rotatable bonds is 5. The van der Waals surface area contributed by atoms with Crippen molar-refractivity contribution in [2.45, 2.75) is 13.0 Å². The lowest BCUT2D eigenvalue weighted by molar-refractivity contribution is 0.0936. The predicted octanol–water partition coefficient (Wildman–Crippen LogP) is 2.92. The van der Waals surface area contributed by atoms with Gasteiger partial charge in [-0.2, -0.15) is 0 Å². The van der Waals surface area contributed by atoms with Crippen LogP contribution in [0.4, 0.5) is 0 Å². The van der Waals surface area contributed by atoms with Crippen molar-refractivity contribution in [2.75, 3.05) is 21.0 Å². The van der Waals surface area contributed by atoms with Crippen molar-refractivity contribution in [1.29, 1.82) is 0 Å². The quantitative estimate of drug-likeness (QED) is 0.913. The molecule has 1 amide bonds. The van der Waals surface area contributed by atoms with Crippen LogP contribution in [0.5, 0.6) is 23.0 Å². The van der Waals surface area contributed by atoms with Crippen LogP contribution in [0.1, 0.15) is 28.9 Å². The molecule has 1 heterocycles. The second kappa shape index (κ2) is 6.70. The molecule has 0 radical (unpaired) electrons. The van der Waals surface area contributed by atoms with Crippen molar-refractivity contribution in [3.05, 3.63) is 47.5 Å². The Bertz CT molecular complexity index is 759. The lowest BCUT2D eigenvalue weighted by Crippen LogP contribution is -2.27. The highest BCUT2D eigenvalue weighted by Gasteiger charge is 2.19. The topological polar surface area (TPSA) is 66.0 Å². The first-order valence-electron chi connectivity index (χ1n) is 7.55. The van der Waals surface area contributed by atoms with E-state index in [0.717, 1.165) is 5.56 Å². The summed E-state index contributed by atoms with van der Waals surface area (Å²) in [6.07, 6.45) is 0. The van der Waals surface area contributed by atoms with Crippen molar-refractivity contribution >= 4 is 5.91 Å². The molecule has 6 nitrogen and oxygen atoms in total. The number of carbonyl (C=O) groups excluding carboxylic acids is 1. The van der Waals surface area contributed by atoms with Gasteiger partial charge in [0.2, 0.25) is 6.79 Å². The molecule has 0 spiro atoms. The van der Waals surface area contributed by atoms with E-state index in [4.69, 9.17) is 18.9 Å². The Hall–Kier alpha value is -2.89. The molecule has 0 aromatic heterocycles. The third-order valence-corrected chi connectivity index (χ3v) is 3.90. The number of ether oxygens (including phenoxy) is 4. The van der Waals surface area contributed by atoms with Gasteiger partial charge in [0.1, 0.15) is 11.5 Å². The summed E-state index contributed by atoms with van der Waals surface area (Å²) >= 11 is 0. The minimum atomic E-state index is -0.240. The van der Waals surface area contributed by atoms with Crippen LogP contribution in [0.2, 0.25) is 0 Å². The number of amides is 1. The fourth-order valence-corrected chi connectivity index (χ4v) is 2.53. The summed E-state index contributed by atoms with van der Waals surface area (Å²) in [6, 6.07) is 10.5. The largest absolute Gasteiger partial charge is 0.497 e. The maximum Gasteiger partial charge on any atom is 0.255 e. The van der Waals surface area contributed by atoms with Gasteiger partial charge in [-0.15, -0.1) is 0 Å². The van der Waals surface area contributed by atoms with Gasteiger partial charge in [0, 0.05) is 0 Å². The maximum atomic E-state index is 12.6. The van der Waals surface area contributed by atoms with Crippen LogP contribution >= 0.6 is 0 Å². The summed E-state index contributed by atoms with van der Waals surface area (Å²) in [5, 5.41) is 2.96. The molecule has 1 N–H and O–H groups in total. The van der Waals surface area contributed by atoms with Crippen LogP contribution in [-0.2, 0) is 0 Å². The number of fused-ring (bicyclic) bond motifs is 1. The molecule has 126 valence electrons. The van der Waals surface area contributed by atoms with Crippen LogP contribution in [-0.4, -0.2) is 26.9 Å². The van der Waals surface area contributed by atoms with Gasteiger partial charge >= 0.3 is 0 Å². The second-order valence-corrected chi connectivity index (χ2v) is 5.37. The van der Waals surface area contributed by atoms with Crippen LogP contribution in [0.15, 0.2) is 36.4 Å². The summed E-state index contributed by atoms with van der Waals surface area (Å²) in [5.74, 6) is 2.25. The molecular formula is C18H19NO5. The molecule has 1 unspecified atom stereocenters. The molecule has 1 aliphatic heterocycles. The molecule has 6 heteroatoms. The molecule has 1 aliphatic rings. The van der Waals surface area contributed by atoms with Gasteiger partial charge in [-0.25, -0.2) is 0 Å². The summed E-state index contributed by atoms with van der Waals surface area (Å²) in [7, 11) is 3.08. The maximum absolute atomic E-state index is 12.6. The lowest BCUT2D eigenvalue weighted by Gasteiger charge is -2.16. The normalized spacial score (nSPS) is 13.3. The minimum absolute atomic E-state index is 0.206. The van der Waals surface area contributed by atoms with Crippen molar-refractivity contribution in [3.63, 3.8) is 0 Å². The average Bonchev–Trinajstić information content (AvgIpc) is 3.08. The summed E-state index contributed by atoms with van der Waals surface area (Å²) in [4.78, 5) is 12.6. The molecule has 2 aromatic rings. The number of methoxy groups -OCH3 is 2. The van der Waals surface area contributed by atoms with E-state index in [2.05, 4.69) is 5.32 Å². The first-order valence-corrected chi connectivity index (χ1v) is 7.55. The predicted molar refractivity (Wildman–Crippen MR) is 88.0 cm³/mol. The van der Waals surface area contributed by atoms with Crippen LogP contribution in [0.3, 0.4) is 0 Å². The Morgan fingerprint density at radius 3 is 2.62 bits per heavy atom. The number of hydrogen-bond acceptors (Lipinski definition) is 5. The van der Waals surface area contributed by atoms with Gasteiger partial charge in [-0.05, 0) is 42.8 Å². The molecule has 0 bridgehead atoms. The molecular weight excluding hydrogens is 310 g/mol. The van der Waals surface area contributed by atoms with E-state index in [0.29, 0.717) is 28.6 Å². The fraction of sp³-hybridized carbons (Fsp3) is 0.278. The number of hydrogen-bond donors (Lipinski definition) is 1. The first-order chi connectivity index (χ1) is 11.6. The Kier molecular flexibility index (Phi) is 4.46. The zero-order chi connectivity index (χ0) is 17.1. The Balaban J connectivity index is 1.79. The monoisotopic (exact) mass is 329 g/mol. The van der Waals surface area contributed by atoms with Crippen LogP contribution in [0, 0.1) is 0 Å². The highest BCUT2D eigenvalue weighted by atomic mass is 16.7. The van der Waals surface area contributed by atoms with E-state index < -0.39 is 0 Å². The van der Waals surface area contributed by atoms with Gasteiger partial charge in [0.25, 0.3) is 5.91 Å². The van der Waals surface area contributed by atoms with Crippen LogP contribution in [0.25, 0.3) is 0 Å². The Morgan fingerprint density at radius 1 is 1.08 bits per heavy atom. The molecule has 0 fully saturated rings. The third-order valence-electron chi connectivity index (χ3n) is 3.90. The molecule has 0 saturated carbocycles. The van der Waals surface area contributed by atoms with Crippen molar-refractivity contribution < 1.29 is 23.7 Å². The van der Waals surface area contributed by atoms with Gasteiger partial charge in [0.05, 0.1) is 25.8 Å². The minimum Gasteiger partial charge on any atom is -0.497 e. The molecule has 0 aliphatic carbocycles. The van der Waals surface area contributed by atoms with Crippen molar-refractivity contribution in [3.8, 4) is 23.0 Å². The standard InChI is InChI=1S/C18H19NO5/c1-11(12-4-6-16-17(8-12)24-10-23-16)19-18(20)14-9-13(21-2)5-7-15(14)22-3/h4-9,11H,10H2,1-3H3,(H,19,20). The average molecular weight is 329 g/mol. The number of nitrogens with one attached hydrogen (secondary N) is 1. The molecule has 24 heavy (non-hydrogen) atoms. The molecule has 1 atom stereocenters. The Labute approximate surface area is 140 Å². The van der Waals surface area contributed by atoms with E-state index in [1.165, 1.54) is 7.11 Å². The van der Waals surface area contributed by atoms with Gasteiger partial charge in [-0.3, -0.25) is 4.79 Å². The number of carbonyl (C=O) groups is 1. The smallest absolute Gasteiger partial charge is 0.255 e. The van der Waals surface area contributed by atoms with Gasteiger partial charge < -0.3 is 24.3 Å². The number of benzene rings is 2. The molecule has 3 rings (SSSR count). The zero-order valence-electron chi connectivity index (χ0n) is 13.8. The van der Waals surface area contributed by atoms with E-state index in [9.17, 15) is 4.79 Å². The molecule has 2 aromatic carbocycles. The Morgan fingerprint density at radius 2 is 1.88 bits per heavy atom. The lowest BCUT2D eigenvalue weighted by atomic mass is 10.1. The fourth-order valence-electron chi connectivity index (χ4n) is 2.53. The summed E-state index contributed by atoms with van der Waals surface area (Å²) in [6.45, 7) is 2.13. The van der Waals surface area contributed by atoms with Crippen molar-refractivity contribution in [1.82, 2.24) is 5.32 Å². The van der Waals surface area contributed by atoms with Crippen molar-refractivity contribution in [2.24, 2.45) is 0 Å². The zero-order valence-corrected chi connectivity index (χ0v) is 13.8. The SMILES string of the molecule is COc1ccc(OC)c(C(=O)NC(C)c2ccc3c(c2)OCO3)c1. The highest BCUT2D eigenvalue weighted by molar-refractivity contribution is 5.97. The highest BCUT2D eigenvalue weighted by Crippen LogP contribution is 2.34. The van der Waals surface area contributed by atoms with E-state index in [1.54, 1.807) is 25.3 Å².